The van der Waals surface area contributed by atoms with Gasteiger partial charge < -0.3 is 10.1 Å². The number of rotatable bonds is 5. The number of nitrogens with one attached hydrogen (secondary N) is 1. The number of hydrogen-bond acceptors (Lipinski definition) is 3. The molecular formula is C27H21NOS. The van der Waals surface area contributed by atoms with Gasteiger partial charge in [-0.1, -0.05) is 79.0 Å². The maximum absolute atomic E-state index is 5.99. The van der Waals surface area contributed by atoms with Crippen molar-refractivity contribution in [3.8, 4) is 5.75 Å². The molecule has 0 fully saturated rings. The van der Waals surface area contributed by atoms with E-state index in [0.29, 0.717) is 6.61 Å². The molecule has 0 atom stereocenters. The average Bonchev–Trinajstić information content (AvgIpc) is 2.81. The summed E-state index contributed by atoms with van der Waals surface area (Å²) < 4.78 is 5.99. The Hall–Kier alpha value is -3.43. The van der Waals surface area contributed by atoms with Crippen LogP contribution in [0.4, 0.5) is 11.4 Å². The van der Waals surface area contributed by atoms with Gasteiger partial charge in [0, 0.05) is 9.79 Å². The fourth-order valence-electron chi connectivity index (χ4n) is 3.51. The predicted molar refractivity (Wildman–Crippen MR) is 126 cm³/mol. The number of benzene rings is 4. The van der Waals surface area contributed by atoms with Gasteiger partial charge >= 0.3 is 0 Å². The maximum Gasteiger partial charge on any atom is 0.120 e. The molecule has 0 unspecified atom stereocenters. The molecule has 3 heteroatoms. The van der Waals surface area contributed by atoms with Gasteiger partial charge in [-0.15, -0.1) is 0 Å². The monoisotopic (exact) mass is 407 g/mol. The molecule has 4 aromatic carbocycles. The summed E-state index contributed by atoms with van der Waals surface area (Å²) in [5.74, 6) is 0.845. The number of para-hydroxylation sites is 1. The Morgan fingerprint density at radius 3 is 2.40 bits per heavy atom. The standard InChI is InChI=1S/C27H21NOS/c1-19(21-10-7-11-23(16-21)29-18-20-8-3-2-4-9-20)22-14-15-27-25(17-22)28-24-12-5-6-13-26(24)30-27/h2-17,28H,1,18H2. The van der Waals surface area contributed by atoms with E-state index in [1.165, 1.54) is 9.79 Å². The first-order valence-electron chi connectivity index (χ1n) is 9.91. The van der Waals surface area contributed by atoms with E-state index in [2.05, 4.69) is 78.6 Å². The second-order valence-electron chi connectivity index (χ2n) is 7.21. The van der Waals surface area contributed by atoms with E-state index in [1.807, 2.05) is 30.3 Å². The molecule has 1 aliphatic heterocycles. The van der Waals surface area contributed by atoms with Crippen LogP contribution in [0.1, 0.15) is 16.7 Å². The lowest BCUT2D eigenvalue weighted by atomic mass is 9.99. The lowest BCUT2D eigenvalue weighted by Crippen LogP contribution is -2.00. The second-order valence-corrected chi connectivity index (χ2v) is 8.30. The molecule has 4 aromatic rings. The first kappa shape index (κ1) is 18.6. The average molecular weight is 408 g/mol. The summed E-state index contributed by atoms with van der Waals surface area (Å²) >= 11 is 1.79. The van der Waals surface area contributed by atoms with Gasteiger partial charge in [-0.2, -0.15) is 0 Å². The van der Waals surface area contributed by atoms with Gasteiger partial charge in [-0.05, 0) is 58.7 Å². The largest absolute Gasteiger partial charge is 0.489 e. The fourth-order valence-corrected chi connectivity index (χ4v) is 4.48. The summed E-state index contributed by atoms with van der Waals surface area (Å²) in [5, 5.41) is 3.55. The summed E-state index contributed by atoms with van der Waals surface area (Å²) in [4.78, 5) is 2.48. The molecule has 0 spiro atoms. The predicted octanol–water partition coefficient (Wildman–Crippen LogP) is 7.54. The molecular weight excluding hydrogens is 386 g/mol. The molecule has 0 aromatic heterocycles. The third-order valence-electron chi connectivity index (χ3n) is 5.14. The highest BCUT2D eigenvalue weighted by atomic mass is 32.2. The second kappa shape index (κ2) is 8.13. The van der Waals surface area contributed by atoms with Gasteiger partial charge in [0.1, 0.15) is 12.4 Å². The number of anilines is 2. The molecule has 0 aliphatic carbocycles. The van der Waals surface area contributed by atoms with E-state index in [1.54, 1.807) is 11.8 Å². The molecule has 1 aliphatic rings. The Kier molecular flexibility index (Phi) is 5.04. The molecule has 1 heterocycles. The Morgan fingerprint density at radius 2 is 1.50 bits per heavy atom. The van der Waals surface area contributed by atoms with Crippen LogP contribution in [0, 0.1) is 0 Å². The molecule has 146 valence electrons. The lowest BCUT2D eigenvalue weighted by molar-refractivity contribution is 0.306. The zero-order chi connectivity index (χ0) is 20.3. The summed E-state index contributed by atoms with van der Waals surface area (Å²) in [6.07, 6.45) is 0. The first-order chi connectivity index (χ1) is 14.8. The maximum atomic E-state index is 5.99. The van der Waals surface area contributed by atoms with Gasteiger partial charge in [0.25, 0.3) is 0 Å². The first-order valence-corrected chi connectivity index (χ1v) is 10.7. The highest BCUT2D eigenvalue weighted by Crippen LogP contribution is 2.44. The van der Waals surface area contributed by atoms with Crippen LogP contribution in [-0.2, 0) is 6.61 Å². The molecule has 0 amide bonds. The third kappa shape index (κ3) is 3.85. The van der Waals surface area contributed by atoms with Crippen LogP contribution < -0.4 is 10.1 Å². The minimum absolute atomic E-state index is 0.552. The van der Waals surface area contributed by atoms with Crippen molar-refractivity contribution in [2.45, 2.75) is 16.4 Å². The van der Waals surface area contributed by atoms with E-state index >= 15 is 0 Å². The number of hydrogen-bond donors (Lipinski definition) is 1. The quantitative estimate of drug-likeness (QED) is 0.325. The third-order valence-corrected chi connectivity index (χ3v) is 6.29. The molecule has 0 radical (unpaired) electrons. The molecule has 0 saturated carbocycles. The molecule has 0 bridgehead atoms. The van der Waals surface area contributed by atoms with Gasteiger partial charge in [0.05, 0.1) is 11.4 Å². The highest BCUT2D eigenvalue weighted by molar-refractivity contribution is 7.99. The Labute approximate surface area is 181 Å². The van der Waals surface area contributed by atoms with Crippen LogP contribution in [0.2, 0.25) is 0 Å². The van der Waals surface area contributed by atoms with Crippen molar-refractivity contribution in [2.75, 3.05) is 5.32 Å². The summed E-state index contributed by atoms with van der Waals surface area (Å²) in [5.41, 5.74) is 6.56. The van der Waals surface area contributed by atoms with Crippen LogP contribution in [0.25, 0.3) is 5.57 Å². The lowest BCUT2D eigenvalue weighted by Gasteiger charge is -2.21. The minimum Gasteiger partial charge on any atom is -0.489 e. The smallest absolute Gasteiger partial charge is 0.120 e. The molecule has 1 N–H and O–H groups in total. The van der Waals surface area contributed by atoms with Crippen molar-refractivity contribution >= 4 is 28.7 Å². The van der Waals surface area contributed by atoms with Crippen LogP contribution in [0.15, 0.2) is 113 Å². The van der Waals surface area contributed by atoms with Crippen LogP contribution >= 0.6 is 11.8 Å². The fraction of sp³-hybridized carbons (Fsp3) is 0.0370. The van der Waals surface area contributed by atoms with Crippen molar-refractivity contribution in [3.63, 3.8) is 0 Å². The molecule has 2 nitrogen and oxygen atoms in total. The van der Waals surface area contributed by atoms with Crippen LogP contribution in [0.3, 0.4) is 0 Å². The molecule has 0 saturated heterocycles. The Balaban J connectivity index is 1.35. The molecule has 30 heavy (non-hydrogen) atoms. The highest BCUT2D eigenvalue weighted by Gasteiger charge is 2.16. The topological polar surface area (TPSA) is 21.3 Å². The SMILES string of the molecule is C=C(c1cccc(OCc2ccccc2)c1)c1ccc2c(c1)Nc1ccccc1S2. The van der Waals surface area contributed by atoms with Crippen molar-refractivity contribution in [1.29, 1.82) is 0 Å². The van der Waals surface area contributed by atoms with Crippen molar-refractivity contribution in [3.05, 3.63) is 120 Å². The summed E-state index contributed by atoms with van der Waals surface area (Å²) in [6, 6.07) is 33.2. The Morgan fingerprint density at radius 1 is 0.733 bits per heavy atom. The normalized spacial score (nSPS) is 11.7. The van der Waals surface area contributed by atoms with Crippen LogP contribution in [0.5, 0.6) is 5.75 Å². The van der Waals surface area contributed by atoms with Gasteiger partial charge in [-0.25, -0.2) is 0 Å². The van der Waals surface area contributed by atoms with Crippen LogP contribution in [-0.4, -0.2) is 0 Å². The van der Waals surface area contributed by atoms with Crippen molar-refractivity contribution < 1.29 is 4.74 Å². The van der Waals surface area contributed by atoms with Gasteiger partial charge in [0.15, 0.2) is 0 Å². The van der Waals surface area contributed by atoms with Crippen molar-refractivity contribution in [2.24, 2.45) is 0 Å². The van der Waals surface area contributed by atoms with Gasteiger partial charge in [0.2, 0.25) is 0 Å². The molecule has 5 rings (SSSR count). The van der Waals surface area contributed by atoms with Crippen molar-refractivity contribution in [1.82, 2.24) is 0 Å². The van der Waals surface area contributed by atoms with Gasteiger partial charge in [-0.3, -0.25) is 0 Å². The van der Waals surface area contributed by atoms with E-state index < -0.39 is 0 Å². The minimum atomic E-state index is 0.552. The van der Waals surface area contributed by atoms with E-state index in [9.17, 15) is 0 Å². The summed E-state index contributed by atoms with van der Waals surface area (Å²) in [6.45, 7) is 4.91. The number of fused-ring (bicyclic) bond motifs is 2. The number of ether oxygens (including phenoxy) is 1. The van der Waals surface area contributed by atoms with E-state index in [0.717, 1.165) is 39.4 Å². The van der Waals surface area contributed by atoms with E-state index in [4.69, 9.17) is 4.74 Å². The van der Waals surface area contributed by atoms with E-state index in [-0.39, 0.29) is 0 Å². The summed E-state index contributed by atoms with van der Waals surface area (Å²) in [7, 11) is 0. The zero-order valence-electron chi connectivity index (χ0n) is 16.5. The Bertz CT molecular complexity index is 1220. The zero-order valence-corrected chi connectivity index (χ0v) is 17.3.